The van der Waals surface area contributed by atoms with Crippen LogP contribution >= 0.6 is 0 Å². The summed E-state index contributed by atoms with van der Waals surface area (Å²) in [4.78, 5) is 3.83. The average molecular weight is 151 g/mol. The van der Waals surface area contributed by atoms with Crippen LogP contribution in [0.4, 0.5) is 0 Å². The smallest absolute Gasteiger partial charge is 0.166 e. The second-order valence-electron chi connectivity index (χ2n) is 1.86. The first-order valence-electron chi connectivity index (χ1n) is 3.03. The van der Waals surface area contributed by atoms with Crippen LogP contribution in [0.15, 0.2) is 29.6 Å². The van der Waals surface area contributed by atoms with E-state index in [0.717, 1.165) is 5.56 Å². The second kappa shape index (κ2) is 3.52. The molecule has 0 saturated heterocycles. The molecule has 0 atom stereocenters. The summed E-state index contributed by atoms with van der Waals surface area (Å²) in [5.74, 6) is 10.6. The lowest BCUT2D eigenvalue weighted by atomic mass is 10.2. The molecular weight excluding hydrogens is 142 g/mol. The van der Waals surface area contributed by atoms with E-state index >= 15 is 0 Å². The number of amidine groups is 1. The number of hydrogen-bond donors (Lipinski definition) is 3. The number of hydrazine groups is 1. The van der Waals surface area contributed by atoms with Gasteiger partial charge in [-0.05, 0) is 12.1 Å². The maximum Gasteiger partial charge on any atom is 0.166 e. The summed E-state index contributed by atoms with van der Waals surface area (Å²) in [6.45, 7) is 0. The minimum Gasteiger partial charge on any atom is -0.321 e. The summed E-state index contributed by atoms with van der Waals surface area (Å²) in [6.07, 6.45) is 3.27. The lowest BCUT2D eigenvalue weighted by molar-refractivity contribution is 1.00. The number of aromatic nitrogens is 1. The number of hydrazone groups is 1. The molecule has 0 spiro atoms. The van der Waals surface area contributed by atoms with Crippen LogP contribution in [0.2, 0.25) is 0 Å². The fourth-order valence-corrected chi connectivity index (χ4v) is 0.705. The van der Waals surface area contributed by atoms with E-state index in [1.807, 2.05) is 0 Å². The van der Waals surface area contributed by atoms with Gasteiger partial charge in [0.2, 0.25) is 0 Å². The first-order valence-corrected chi connectivity index (χ1v) is 3.03. The molecule has 0 radical (unpaired) electrons. The highest BCUT2D eigenvalue weighted by molar-refractivity contribution is 5.97. The second-order valence-corrected chi connectivity index (χ2v) is 1.86. The monoisotopic (exact) mass is 151 g/mol. The molecule has 0 bridgehead atoms. The molecule has 0 aliphatic rings. The maximum atomic E-state index is 5.13. The van der Waals surface area contributed by atoms with Gasteiger partial charge in [-0.3, -0.25) is 4.98 Å². The largest absolute Gasteiger partial charge is 0.321 e. The molecule has 0 saturated carbocycles. The molecule has 0 aliphatic carbocycles. The molecule has 11 heavy (non-hydrogen) atoms. The average Bonchev–Trinajstić information content (AvgIpc) is 2.09. The number of nitrogens with one attached hydrogen (secondary N) is 1. The van der Waals surface area contributed by atoms with Crippen molar-refractivity contribution in [1.82, 2.24) is 10.4 Å². The van der Waals surface area contributed by atoms with Gasteiger partial charge in [-0.2, -0.15) is 5.10 Å². The molecule has 1 heterocycles. The number of rotatable bonds is 1. The van der Waals surface area contributed by atoms with E-state index in [1.165, 1.54) is 0 Å². The van der Waals surface area contributed by atoms with Crippen LogP contribution in [0, 0.1) is 0 Å². The van der Waals surface area contributed by atoms with E-state index in [0.29, 0.717) is 5.84 Å². The van der Waals surface area contributed by atoms with Crippen LogP contribution in [-0.2, 0) is 0 Å². The van der Waals surface area contributed by atoms with Gasteiger partial charge in [-0.15, -0.1) is 0 Å². The van der Waals surface area contributed by atoms with E-state index in [2.05, 4.69) is 15.5 Å². The predicted molar refractivity (Wildman–Crippen MR) is 42.3 cm³/mol. The van der Waals surface area contributed by atoms with Crippen molar-refractivity contribution >= 4 is 5.84 Å². The molecule has 1 aromatic heterocycles. The molecule has 5 heteroatoms. The van der Waals surface area contributed by atoms with Crippen molar-refractivity contribution in [2.24, 2.45) is 16.8 Å². The lowest BCUT2D eigenvalue weighted by Crippen LogP contribution is -2.31. The first-order chi connectivity index (χ1) is 5.38. The summed E-state index contributed by atoms with van der Waals surface area (Å²) in [7, 11) is 0. The lowest BCUT2D eigenvalue weighted by Gasteiger charge is -2.01. The van der Waals surface area contributed by atoms with Gasteiger partial charge in [-0.25, -0.2) is 5.84 Å². The summed E-state index contributed by atoms with van der Waals surface area (Å²) in [6, 6.07) is 3.51. The van der Waals surface area contributed by atoms with Crippen molar-refractivity contribution in [3.63, 3.8) is 0 Å². The van der Waals surface area contributed by atoms with Gasteiger partial charge in [0, 0.05) is 18.0 Å². The molecule has 0 unspecified atom stereocenters. The zero-order valence-electron chi connectivity index (χ0n) is 5.86. The molecule has 5 N–H and O–H groups in total. The van der Waals surface area contributed by atoms with Gasteiger partial charge < -0.3 is 11.3 Å². The standard InChI is InChI=1S/C6H9N5/c7-10-6(11-8)5-1-3-9-4-2-5/h1-4H,7-8H2,(H,10,11). The molecular formula is C6H9N5. The van der Waals surface area contributed by atoms with Crippen LogP contribution in [0.1, 0.15) is 5.56 Å². The van der Waals surface area contributed by atoms with E-state index in [1.54, 1.807) is 24.5 Å². The number of hydrogen-bond acceptors (Lipinski definition) is 4. The Balaban J connectivity index is 2.92. The predicted octanol–water partition coefficient (Wildman–Crippen LogP) is -0.835. The number of nitrogens with zero attached hydrogens (tertiary/aromatic N) is 2. The molecule has 1 rings (SSSR count). The Morgan fingerprint density at radius 1 is 1.45 bits per heavy atom. The van der Waals surface area contributed by atoms with E-state index in [4.69, 9.17) is 11.7 Å². The Labute approximate surface area is 64.1 Å². The van der Waals surface area contributed by atoms with Crippen molar-refractivity contribution in [1.29, 1.82) is 0 Å². The van der Waals surface area contributed by atoms with Gasteiger partial charge >= 0.3 is 0 Å². The number of nitrogens with two attached hydrogens (primary N) is 2. The quantitative estimate of drug-likeness (QED) is 0.211. The van der Waals surface area contributed by atoms with Crippen molar-refractivity contribution in [2.45, 2.75) is 0 Å². The molecule has 1 aromatic rings. The van der Waals surface area contributed by atoms with Gasteiger partial charge in [-0.1, -0.05) is 0 Å². The van der Waals surface area contributed by atoms with E-state index in [-0.39, 0.29) is 0 Å². The third kappa shape index (κ3) is 1.65. The van der Waals surface area contributed by atoms with Crippen molar-refractivity contribution in [3.8, 4) is 0 Å². The summed E-state index contributed by atoms with van der Waals surface area (Å²) in [5, 5.41) is 3.43. The van der Waals surface area contributed by atoms with E-state index < -0.39 is 0 Å². The molecule has 58 valence electrons. The van der Waals surface area contributed by atoms with Crippen molar-refractivity contribution in [2.75, 3.05) is 0 Å². The zero-order chi connectivity index (χ0) is 8.10. The maximum absolute atomic E-state index is 5.13. The number of pyridine rings is 1. The summed E-state index contributed by atoms with van der Waals surface area (Å²) in [5.41, 5.74) is 3.18. The Hall–Kier alpha value is -1.62. The molecule has 0 aliphatic heterocycles. The third-order valence-corrected chi connectivity index (χ3v) is 1.22. The highest BCUT2D eigenvalue weighted by atomic mass is 15.3. The molecule has 0 aromatic carbocycles. The summed E-state index contributed by atoms with van der Waals surface area (Å²) >= 11 is 0. The Bertz CT molecular complexity index is 242. The van der Waals surface area contributed by atoms with Crippen LogP contribution in [0.25, 0.3) is 0 Å². The fourth-order valence-electron chi connectivity index (χ4n) is 0.705. The highest BCUT2D eigenvalue weighted by Crippen LogP contribution is 1.94. The zero-order valence-corrected chi connectivity index (χ0v) is 5.86. The molecule has 5 nitrogen and oxygen atoms in total. The van der Waals surface area contributed by atoms with Gasteiger partial charge in [0.05, 0.1) is 0 Å². The third-order valence-electron chi connectivity index (χ3n) is 1.22. The summed E-state index contributed by atoms with van der Waals surface area (Å²) < 4.78 is 0. The van der Waals surface area contributed by atoms with Crippen LogP contribution < -0.4 is 17.1 Å². The van der Waals surface area contributed by atoms with E-state index in [9.17, 15) is 0 Å². The van der Waals surface area contributed by atoms with Gasteiger partial charge in [0.25, 0.3) is 0 Å². The minimum absolute atomic E-state index is 0.437. The topological polar surface area (TPSA) is 89.3 Å². The first kappa shape index (κ1) is 7.49. The Kier molecular flexibility index (Phi) is 2.40. The fraction of sp³-hybridized carbons (Fsp3) is 0. The Morgan fingerprint density at radius 3 is 2.55 bits per heavy atom. The van der Waals surface area contributed by atoms with Crippen LogP contribution in [0.3, 0.4) is 0 Å². The van der Waals surface area contributed by atoms with Gasteiger partial charge in [0.1, 0.15) is 0 Å². The minimum atomic E-state index is 0.437. The normalized spacial score (nSPS) is 11.2. The molecule has 0 fully saturated rings. The molecule has 0 amide bonds. The van der Waals surface area contributed by atoms with Crippen LogP contribution in [-0.4, -0.2) is 10.8 Å². The van der Waals surface area contributed by atoms with Crippen LogP contribution in [0.5, 0.6) is 0 Å². The highest BCUT2D eigenvalue weighted by Gasteiger charge is 1.97. The van der Waals surface area contributed by atoms with Crippen molar-refractivity contribution in [3.05, 3.63) is 30.1 Å². The SMILES string of the molecule is NN=C(NN)c1ccncc1. The Morgan fingerprint density at radius 2 is 2.09 bits per heavy atom. The van der Waals surface area contributed by atoms with Gasteiger partial charge in [0.15, 0.2) is 5.84 Å². The van der Waals surface area contributed by atoms with Crippen molar-refractivity contribution < 1.29 is 0 Å².